The molecule has 4 atom stereocenters. The van der Waals surface area contributed by atoms with Crippen LogP contribution in [0.5, 0.6) is 0 Å². The van der Waals surface area contributed by atoms with E-state index < -0.39 is 12.0 Å². The van der Waals surface area contributed by atoms with Gasteiger partial charge in [0.2, 0.25) is 0 Å². The fourth-order valence-electron chi connectivity index (χ4n) is 3.40. The second kappa shape index (κ2) is 2.83. The number of nitrogens with zero attached hydrogens (tertiary/aromatic N) is 1. The van der Waals surface area contributed by atoms with E-state index in [4.69, 9.17) is 9.84 Å². The second-order valence-corrected chi connectivity index (χ2v) is 4.55. The predicted molar refractivity (Wildman–Crippen MR) is 52.4 cm³/mol. The number of epoxide rings is 1. The summed E-state index contributed by atoms with van der Waals surface area (Å²) in [4.78, 5) is 23.5. The summed E-state index contributed by atoms with van der Waals surface area (Å²) in [7, 11) is 0.212. The molecule has 2 saturated heterocycles. The van der Waals surface area contributed by atoms with Gasteiger partial charge in [0.05, 0.1) is 6.19 Å². The molecular weight excluding hydrogens is 197 g/mol. The zero-order valence-corrected chi connectivity index (χ0v) is 8.26. The molecule has 3 aliphatic rings. The standard InChI is InChI=1S/C9H12BNO4/c12-4-10-11-5-2-1-3-9(5)7(15-9)6(11)8(13)14/h4-7,10H,1-3H2,(H,13,14)/t5?,6-,7?,9?/m0/s1. The van der Waals surface area contributed by atoms with Crippen LogP contribution in [0.1, 0.15) is 19.3 Å². The molecule has 3 unspecified atom stereocenters. The molecule has 2 aliphatic heterocycles. The molecule has 1 aliphatic carbocycles. The van der Waals surface area contributed by atoms with Gasteiger partial charge in [0.25, 0.3) is 7.41 Å². The van der Waals surface area contributed by atoms with E-state index in [1.165, 1.54) is 0 Å². The molecule has 5 nitrogen and oxygen atoms in total. The monoisotopic (exact) mass is 209 g/mol. The Morgan fingerprint density at radius 2 is 2.47 bits per heavy atom. The lowest BCUT2D eigenvalue weighted by atomic mass is 9.90. The van der Waals surface area contributed by atoms with Crippen LogP contribution in [0.15, 0.2) is 0 Å². The van der Waals surface area contributed by atoms with Crippen LogP contribution in [0.4, 0.5) is 0 Å². The van der Waals surface area contributed by atoms with Gasteiger partial charge in [0, 0.05) is 6.04 Å². The van der Waals surface area contributed by atoms with Crippen molar-refractivity contribution in [1.82, 2.24) is 4.81 Å². The minimum atomic E-state index is -0.867. The van der Waals surface area contributed by atoms with Crippen molar-refractivity contribution in [3.8, 4) is 0 Å². The number of carbonyl (C=O) groups excluding carboxylic acids is 1. The van der Waals surface area contributed by atoms with E-state index in [0.717, 1.165) is 25.4 Å². The fourth-order valence-corrected chi connectivity index (χ4v) is 3.40. The van der Waals surface area contributed by atoms with Crippen molar-refractivity contribution in [2.24, 2.45) is 0 Å². The summed E-state index contributed by atoms with van der Waals surface area (Å²) in [6.07, 6.45) is 3.58. The maximum atomic E-state index is 11.1. The molecule has 0 radical (unpaired) electrons. The molecule has 1 saturated carbocycles. The molecule has 1 spiro atoms. The van der Waals surface area contributed by atoms with Crippen LogP contribution < -0.4 is 0 Å². The third kappa shape index (κ3) is 1.01. The van der Waals surface area contributed by atoms with Gasteiger partial charge in [-0.1, -0.05) is 0 Å². The number of hydrogen-bond donors (Lipinski definition) is 1. The third-order valence-corrected chi connectivity index (χ3v) is 3.96. The van der Waals surface area contributed by atoms with E-state index in [2.05, 4.69) is 0 Å². The lowest BCUT2D eigenvalue weighted by Crippen LogP contribution is -2.48. The summed E-state index contributed by atoms with van der Waals surface area (Å²) in [5, 5.41) is 9.12. The average Bonchev–Trinajstić information content (AvgIpc) is 2.62. The molecule has 0 aromatic carbocycles. The zero-order chi connectivity index (χ0) is 10.6. The van der Waals surface area contributed by atoms with Gasteiger partial charge in [-0.05, 0) is 19.3 Å². The first kappa shape index (κ1) is 9.36. The Balaban J connectivity index is 1.91. The number of carboxylic acids is 1. The molecule has 80 valence electrons. The van der Waals surface area contributed by atoms with Crippen molar-refractivity contribution in [3.63, 3.8) is 0 Å². The SMILES string of the molecule is O=CBN1C2CCCC23OC3[C@H]1C(=O)O. The van der Waals surface area contributed by atoms with Crippen molar-refractivity contribution in [3.05, 3.63) is 0 Å². The average molecular weight is 209 g/mol. The van der Waals surface area contributed by atoms with Crippen molar-refractivity contribution in [2.75, 3.05) is 0 Å². The van der Waals surface area contributed by atoms with Crippen LogP contribution in [0.25, 0.3) is 0 Å². The van der Waals surface area contributed by atoms with Crippen molar-refractivity contribution in [2.45, 2.75) is 43.1 Å². The van der Waals surface area contributed by atoms with E-state index in [1.54, 1.807) is 4.81 Å². The van der Waals surface area contributed by atoms with E-state index in [9.17, 15) is 9.59 Å². The lowest BCUT2D eigenvalue weighted by Gasteiger charge is -2.28. The van der Waals surface area contributed by atoms with E-state index in [0.29, 0.717) is 0 Å². The summed E-state index contributed by atoms with van der Waals surface area (Å²) in [5.41, 5.74) is -0.216. The number of carboxylic acid groups (broad SMARTS) is 1. The number of ether oxygens (including phenoxy) is 1. The van der Waals surface area contributed by atoms with E-state index in [1.807, 2.05) is 0 Å². The van der Waals surface area contributed by atoms with Crippen molar-refractivity contribution >= 4 is 19.6 Å². The number of rotatable bonds is 3. The van der Waals surface area contributed by atoms with Gasteiger partial charge in [-0.15, -0.1) is 0 Å². The van der Waals surface area contributed by atoms with Gasteiger partial charge in [-0.3, -0.25) is 4.79 Å². The molecule has 0 aromatic rings. The molecular formula is C9H12BNO4. The van der Waals surface area contributed by atoms with Gasteiger partial charge in [-0.2, -0.15) is 0 Å². The highest BCUT2D eigenvalue weighted by Crippen LogP contribution is 2.59. The molecule has 1 N–H and O–H groups in total. The smallest absolute Gasteiger partial charge is 0.322 e. The van der Waals surface area contributed by atoms with Crippen LogP contribution in [-0.4, -0.2) is 53.3 Å². The number of morpholine rings is 1. The predicted octanol–water partition coefficient (Wildman–Crippen LogP) is -1.01. The maximum absolute atomic E-state index is 11.1. The summed E-state index contributed by atoms with van der Waals surface area (Å²) >= 11 is 0. The van der Waals surface area contributed by atoms with Gasteiger partial charge >= 0.3 is 5.97 Å². The van der Waals surface area contributed by atoms with Gasteiger partial charge in [0.1, 0.15) is 17.7 Å². The molecule has 3 fully saturated rings. The number of aliphatic carboxylic acids is 1. The number of hydrogen-bond acceptors (Lipinski definition) is 4. The molecule has 6 heteroatoms. The molecule has 2 heterocycles. The topological polar surface area (TPSA) is 70.1 Å². The van der Waals surface area contributed by atoms with Crippen molar-refractivity contribution in [1.29, 1.82) is 0 Å². The van der Waals surface area contributed by atoms with Crippen LogP contribution >= 0.6 is 0 Å². The first-order chi connectivity index (χ1) is 7.20. The quantitative estimate of drug-likeness (QED) is 0.366. The maximum Gasteiger partial charge on any atom is 0.322 e. The van der Waals surface area contributed by atoms with Gasteiger partial charge in [-0.25, -0.2) is 0 Å². The highest BCUT2D eigenvalue weighted by atomic mass is 16.6. The summed E-state index contributed by atoms with van der Waals surface area (Å²) in [6.45, 7) is 0. The molecule has 3 rings (SSSR count). The Kier molecular flexibility index (Phi) is 1.76. The zero-order valence-electron chi connectivity index (χ0n) is 8.26. The largest absolute Gasteiger partial charge is 0.480 e. The van der Waals surface area contributed by atoms with Gasteiger partial charge < -0.3 is 19.4 Å². The summed E-state index contributed by atoms with van der Waals surface area (Å²) in [5.74, 6) is -0.867. The van der Waals surface area contributed by atoms with Crippen LogP contribution in [0.3, 0.4) is 0 Å². The van der Waals surface area contributed by atoms with E-state index >= 15 is 0 Å². The highest BCUT2D eigenvalue weighted by Gasteiger charge is 2.75. The van der Waals surface area contributed by atoms with Crippen molar-refractivity contribution < 1.29 is 19.4 Å². The van der Waals surface area contributed by atoms with Crippen LogP contribution in [0, 0.1) is 0 Å². The highest BCUT2D eigenvalue weighted by molar-refractivity contribution is 6.64. The normalized spacial score (nSPS) is 47.1. The van der Waals surface area contributed by atoms with Gasteiger partial charge in [0.15, 0.2) is 0 Å². The molecule has 0 aromatic heterocycles. The second-order valence-electron chi connectivity index (χ2n) is 4.55. The Bertz CT molecular complexity index is 336. The summed E-state index contributed by atoms with van der Waals surface area (Å²) in [6, 6.07) is -0.464. The Hall–Kier alpha value is -0.875. The minimum Gasteiger partial charge on any atom is -0.480 e. The molecule has 15 heavy (non-hydrogen) atoms. The Morgan fingerprint density at radius 1 is 1.67 bits per heavy atom. The summed E-state index contributed by atoms with van der Waals surface area (Å²) < 4.78 is 5.58. The first-order valence-corrected chi connectivity index (χ1v) is 5.31. The first-order valence-electron chi connectivity index (χ1n) is 5.31. The third-order valence-electron chi connectivity index (χ3n) is 3.96. The van der Waals surface area contributed by atoms with E-state index in [-0.39, 0.29) is 25.2 Å². The van der Waals surface area contributed by atoms with Crippen LogP contribution in [0.2, 0.25) is 0 Å². The van der Waals surface area contributed by atoms with Crippen LogP contribution in [-0.2, 0) is 14.3 Å². The Morgan fingerprint density at radius 3 is 3.13 bits per heavy atom. The lowest BCUT2D eigenvalue weighted by molar-refractivity contribution is -0.142. The minimum absolute atomic E-state index is 0.147. The molecule has 0 amide bonds. The Labute approximate surface area is 87.6 Å². The number of carbonyl (C=O) groups is 2. The fraction of sp³-hybridized carbons (Fsp3) is 0.778. The molecule has 0 bridgehead atoms.